The number of nitrogens with one attached hydrogen (secondary N) is 1. The van der Waals surface area contributed by atoms with Crippen LogP contribution in [0.5, 0.6) is 5.75 Å². The zero-order valence-corrected chi connectivity index (χ0v) is 23.9. The average molecular weight is 567 g/mol. The SMILES string of the molecule is CCC(=O)Nc1ccc(N2C(C(C)=O)=NN(c3ccc(C)cc3)C2c2cc(Cl)ccc2OCc2ccccc2)cc1. The molecule has 41 heavy (non-hydrogen) atoms. The van der Waals surface area contributed by atoms with Gasteiger partial charge < -0.3 is 10.1 Å². The molecule has 1 aliphatic rings. The molecule has 0 radical (unpaired) electrons. The zero-order chi connectivity index (χ0) is 28.9. The molecule has 0 bridgehead atoms. The number of hydrazone groups is 1. The molecule has 0 aromatic heterocycles. The summed E-state index contributed by atoms with van der Waals surface area (Å²) in [5.41, 5.74) is 5.08. The van der Waals surface area contributed by atoms with Crippen LogP contribution in [0.2, 0.25) is 5.02 Å². The van der Waals surface area contributed by atoms with Crippen molar-refractivity contribution in [2.75, 3.05) is 15.2 Å². The van der Waals surface area contributed by atoms with E-state index < -0.39 is 6.17 Å². The van der Waals surface area contributed by atoms with Crippen LogP contribution < -0.4 is 20.0 Å². The predicted molar refractivity (Wildman–Crippen MR) is 165 cm³/mol. The van der Waals surface area contributed by atoms with Crippen molar-refractivity contribution in [2.24, 2.45) is 5.10 Å². The van der Waals surface area contributed by atoms with Gasteiger partial charge in [0.15, 0.2) is 17.8 Å². The smallest absolute Gasteiger partial charge is 0.224 e. The highest BCUT2D eigenvalue weighted by molar-refractivity contribution is 6.44. The first kappa shape index (κ1) is 27.9. The Balaban J connectivity index is 1.62. The van der Waals surface area contributed by atoms with Crippen molar-refractivity contribution in [3.05, 3.63) is 119 Å². The predicted octanol–water partition coefficient (Wildman–Crippen LogP) is 7.50. The van der Waals surface area contributed by atoms with Gasteiger partial charge in [0.25, 0.3) is 0 Å². The zero-order valence-electron chi connectivity index (χ0n) is 23.2. The molecule has 8 heteroatoms. The maximum Gasteiger partial charge on any atom is 0.224 e. The van der Waals surface area contributed by atoms with Crippen molar-refractivity contribution in [1.82, 2.24) is 0 Å². The van der Waals surface area contributed by atoms with Gasteiger partial charge >= 0.3 is 0 Å². The van der Waals surface area contributed by atoms with Crippen molar-refractivity contribution in [2.45, 2.75) is 40.0 Å². The number of amidine groups is 1. The minimum Gasteiger partial charge on any atom is -0.488 e. The molecule has 4 aromatic rings. The van der Waals surface area contributed by atoms with Gasteiger partial charge in [-0.3, -0.25) is 14.5 Å². The third kappa shape index (κ3) is 6.26. The number of Topliss-reactive ketones (excluding diaryl/α,β-unsaturated/α-hetero) is 1. The van der Waals surface area contributed by atoms with Crippen LogP contribution in [0.1, 0.15) is 43.1 Å². The topological polar surface area (TPSA) is 74.2 Å². The van der Waals surface area contributed by atoms with Gasteiger partial charge in [-0.1, -0.05) is 66.6 Å². The molecule has 4 aromatic carbocycles. The number of benzene rings is 4. The number of nitrogens with zero attached hydrogens (tertiary/aromatic N) is 3. The van der Waals surface area contributed by atoms with Gasteiger partial charge in [-0.25, -0.2) is 5.01 Å². The Bertz CT molecular complexity index is 1570. The lowest BCUT2D eigenvalue weighted by atomic mass is 10.1. The maximum atomic E-state index is 13.0. The summed E-state index contributed by atoms with van der Waals surface area (Å²) in [6.45, 7) is 5.69. The first-order valence-electron chi connectivity index (χ1n) is 13.4. The third-order valence-corrected chi connectivity index (χ3v) is 6.99. The van der Waals surface area contributed by atoms with Gasteiger partial charge in [-0.2, -0.15) is 0 Å². The fourth-order valence-corrected chi connectivity index (χ4v) is 4.82. The molecular weight excluding hydrogens is 536 g/mol. The lowest BCUT2D eigenvalue weighted by Crippen LogP contribution is -2.38. The Morgan fingerprint density at radius 2 is 1.61 bits per heavy atom. The van der Waals surface area contributed by atoms with E-state index in [2.05, 4.69) is 5.32 Å². The highest BCUT2D eigenvalue weighted by Crippen LogP contribution is 2.43. The quantitative estimate of drug-likeness (QED) is 0.227. The molecule has 208 valence electrons. The van der Waals surface area contributed by atoms with E-state index in [-0.39, 0.29) is 17.5 Å². The number of aryl methyl sites for hydroxylation is 1. The molecule has 0 fully saturated rings. The number of rotatable bonds is 9. The Hall–Kier alpha value is -4.62. The highest BCUT2D eigenvalue weighted by atomic mass is 35.5. The summed E-state index contributed by atoms with van der Waals surface area (Å²) < 4.78 is 6.35. The number of ether oxygens (including phenoxy) is 1. The number of hydrogen-bond acceptors (Lipinski definition) is 6. The Kier molecular flexibility index (Phi) is 8.36. The number of hydrogen-bond donors (Lipinski definition) is 1. The van der Waals surface area contributed by atoms with E-state index in [4.69, 9.17) is 21.4 Å². The number of anilines is 3. The fourth-order valence-electron chi connectivity index (χ4n) is 4.64. The number of ketones is 1. The van der Waals surface area contributed by atoms with Crippen LogP contribution in [0.25, 0.3) is 0 Å². The van der Waals surface area contributed by atoms with Crippen LogP contribution in [-0.2, 0) is 16.2 Å². The Labute approximate surface area is 245 Å². The van der Waals surface area contributed by atoms with E-state index in [1.54, 1.807) is 13.0 Å². The molecule has 7 nitrogen and oxygen atoms in total. The second-order valence-electron chi connectivity index (χ2n) is 9.81. The van der Waals surface area contributed by atoms with E-state index in [1.165, 1.54) is 6.92 Å². The standard InChI is InChI=1S/C33H31ClN4O3/c1-4-31(40)35-26-13-17-27(18-14-26)37-32(23(3)39)36-38(28-15-10-22(2)11-16-28)33(37)29-20-25(34)12-19-30(29)41-21-24-8-6-5-7-9-24/h5-20,33H,4,21H2,1-3H3,(H,35,40). The molecule has 1 N–H and O–H groups in total. The van der Waals surface area contributed by atoms with Gasteiger partial charge in [0, 0.05) is 35.3 Å². The summed E-state index contributed by atoms with van der Waals surface area (Å²) in [4.78, 5) is 26.9. The molecule has 0 aliphatic carbocycles. The van der Waals surface area contributed by atoms with Crippen molar-refractivity contribution in [1.29, 1.82) is 0 Å². The van der Waals surface area contributed by atoms with Crippen LogP contribution in [0, 0.1) is 6.92 Å². The lowest BCUT2D eigenvalue weighted by Gasteiger charge is -2.33. The summed E-state index contributed by atoms with van der Waals surface area (Å²) >= 11 is 6.57. The third-order valence-electron chi connectivity index (χ3n) is 6.76. The van der Waals surface area contributed by atoms with Gasteiger partial charge in [-0.05, 0) is 67.1 Å². The minimum absolute atomic E-state index is 0.0764. The van der Waals surface area contributed by atoms with Gasteiger partial charge in [0.05, 0.1) is 5.69 Å². The Morgan fingerprint density at radius 1 is 0.927 bits per heavy atom. The molecule has 5 rings (SSSR count). The lowest BCUT2D eigenvalue weighted by molar-refractivity contribution is -0.116. The molecule has 0 saturated heterocycles. The first-order valence-corrected chi connectivity index (χ1v) is 13.8. The van der Waals surface area contributed by atoms with Crippen LogP contribution in [0.15, 0.2) is 102 Å². The van der Waals surface area contributed by atoms with Gasteiger partial charge in [-0.15, -0.1) is 5.10 Å². The number of carbonyl (C=O) groups excluding carboxylic acids is 2. The number of amides is 1. The summed E-state index contributed by atoms with van der Waals surface area (Å²) in [5, 5.41) is 10.1. The molecule has 0 saturated carbocycles. The van der Waals surface area contributed by atoms with Crippen molar-refractivity contribution >= 4 is 46.2 Å². The highest BCUT2D eigenvalue weighted by Gasteiger charge is 2.40. The second-order valence-corrected chi connectivity index (χ2v) is 10.2. The summed E-state index contributed by atoms with van der Waals surface area (Å²) in [6, 6.07) is 30.7. The van der Waals surface area contributed by atoms with E-state index in [0.717, 1.165) is 28.1 Å². The van der Waals surface area contributed by atoms with Crippen LogP contribution in [-0.4, -0.2) is 17.5 Å². The fraction of sp³-hybridized carbons (Fsp3) is 0.182. The van der Waals surface area contributed by atoms with Crippen molar-refractivity contribution in [3.63, 3.8) is 0 Å². The van der Waals surface area contributed by atoms with Gasteiger partial charge in [0.2, 0.25) is 5.91 Å². The summed E-state index contributed by atoms with van der Waals surface area (Å²) in [7, 11) is 0. The second kappa shape index (κ2) is 12.3. The Morgan fingerprint density at radius 3 is 2.27 bits per heavy atom. The number of halogens is 1. The maximum absolute atomic E-state index is 13.0. The molecule has 0 spiro atoms. The largest absolute Gasteiger partial charge is 0.488 e. The van der Waals surface area contributed by atoms with Crippen LogP contribution in [0.3, 0.4) is 0 Å². The van der Waals surface area contributed by atoms with E-state index in [1.807, 2.05) is 108 Å². The average Bonchev–Trinajstić information content (AvgIpc) is 3.38. The van der Waals surface area contributed by atoms with E-state index >= 15 is 0 Å². The molecule has 1 atom stereocenters. The summed E-state index contributed by atoms with van der Waals surface area (Å²) in [6.07, 6.45) is -0.208. The first-order chi connectivity index (χ1) is 19.8. The van der Waals surface area contributed by atoms with Crippen LogP contribution in [0.4, 0.5) is 17.1 Å². The molecular formula is C33H31ClN4O3. The normalized spacial score (nSPS) is 14.5. The van der Waals surface area contributed by atoms with Crippen molar-refractivity contribution < 1.29 is 14.3 Å². The molecule has 1 aliphatic heterocycles. The van der Waals surface area contributed by atoms with E-state index in [0.29, 0.717) is 29.5 Å². The van der Waals surface area contributed by atoms with E-state index in [9.17, 15) is 9.59 Å². The molecule has 1 amide bonds. The molecule has 1 unspecified atom stereocenters. The monoisotopic (exact) mass is 566 g/mol. The van der Waals surface area contributed by atoms with Gasteiger partial charge in [0.1, 0.15) is 12.4 Å². The molecule has 1 heterocycles. The number of carbonyl (C=O) groups is 2. The van der Waals surface area contributed by atoms with Crippen LogP contribution >= 0.6 is 11.6 Å². The summed E-state index contributed by atoms with van der Waals surface area (Å²) in [5.74, 6) is 0.626. The van der Waals surface area contributed by atoms with Crippen molar-refractivity contribution in [3.8, 4) is 5.75 Å². The minimum atomic E-state index is -0.586.